The van der Waals surface area contributed by atoms with Gasteiger partial charge in [-0.1, -0.05) is 11.8 Å². The van der Waals surface area contributed by atoms with E-state index in [9.17, 15) is 5.11 Å². The van der Waals surface area contributed by atoms with Crippen LogP contribution in [-0.2, 0) is 46.4 Å². The lowest BCUT2D eigenvalue weighted by Gasteiger charge is -2.22. The molecule has 0 radical (unpaired) electrons. The number of rotatable bonds is 12. The van der Waals surface area contributed by atoms with Crippen LogP contribution in [0.3, 0.4) is 0 Å². The maximum Gasteiger partial charge on any atom is 0.380 e. The summed E-state index contributed by atoms with van der Waals surface area (Å²) >= 11 is 12.0. The molecule has 0 unspecified atom stereocenters. The van der Waals surface area contributed by atoms with Crippen LogP contribution in [0.25, 0.3) is 0 Å². The minimum absolute atomic E-state index is 0.527. The molecule has 1 aliphatic rings. The van der Waals surface area contributed by atoms with Crippen LogP contribution in [0.2, 0.25) is 0 Å². The van der Waals surface area contributed by atoms with Crippen LogP contribution in [0, 0.1) is 0 Å². The highest BCUT2D eigenvalue weighted by Crippen LogP contribution is 2.49. The average Bonchev–Trinajstić information content (AvgIpc) is 3.19. The largest absolute Gasteiger partial charge is 0.424 e. The smallest absolute Gasteiger partial charge is 0.380 e. The van der Waals surface area contributed by atoms with Crippen molar-refractivity contribution in [3.63, 3.8) is 0 Å². The molecule has 220 valence electrons. The van der Waals surface area contributed by atoms with Gasteiger partial charge in [0, 0.05) is 61.8 Å². The lowest BCUT2D eigenvalue weighted by atomic mass is 10.1. The van der Waals surface area contributed by atoms with Crippen molar-refractivity contribution in [3.8, 4) is 11.5 Å². The van der Waals surface area contributed by atoms with E-state index < -0.39 is 50.7 Å². The summed E-state index contributed by atoms with van der Waals surface area (Å²) in [6.07, 6.45) is -4.04. The first kappa shape index (κ1) is 34.5. The zero-order valence-corrected chi connectivity index (χ0v) is 25.7. The van der Waals surface area contributed by atoms with E-state index in [1.807, 2.05) is 48.5 Å². The number of aliphatic hydroxyl groups is 5. The second-order valence-corrected chi connectivity index (χ2v) is 15.1. The molecule has 0 aromatic heterocycles. The highest BCUT2D eigenvalue weighted by molar-refractivity contribution is 8.08. The summed E-state index contributed by atoms with van der Waals surface area (Å²) in [6.45, 7) is -6.81. The third-order valence-corrected chi connectivity index (χ3v) is 11.1. The number of hydrogen-bond acceptors (Lipinski definition) is 15. The van der Waals surface area contributed by atoms with Gasteiger partial charge < -0.3 is 57.4 Å². The minimum atomic E-state index is -2.73. The molecule has 12 nitrogen and oxygen atoms in total. The standard InChI is InChI=1S/C16H20O6P2S3.C6H12O6/c1-17-23(25,18-2)21-13-5-9-15(10-6-13)27-16-11-7-14(8-12-16)22-24(26,19-3)20-4;7-1-3-4(9)5(10)6(11,2-8)12-3/h5-12H,1-4H3;3-5,7-11H,1-2H2/t;3-,4-,5+,6-/m.1/s1. The number of ether oxygens (including phenoxy) is 1. The van der Waals surface area contributed by atoms with E-state index in [-0.39, 0.29) is 0 Å². The summed E-state index contributed by atoms with van der Waals surface area (Å²) in [4.78, 5) is 2.08. The van der Waals surface area contributed by atoms with Crippen LogP contribution in [-0.4, -0.2) is 91.3 Å². The third kappa shape index (κ3) is 9.67. The zero-order chi connectivity index (χ0) is 29.3. The summed E-state index contributed by atoms with van der Waals surface area (Å²) in [6, 6.07) is 15.0. The Hall–Kier alpha value is -0.710. The topological polar surface area (TPSA) is 166 Å². The highest BCUT2D eigenvalue weighted by Gasteiger charge is 2.52. The van der Waals surface area contributed by atoms with E-state index in [0.717, 1.165) is 9.79 Å². The molecule has 1 fully saturated rings. The van der Waals surface area contributed by atoms with Gasteiger partial charge in [-0.05, 0) is 48.5 Å². The molecule has 17 heteroatoms. The Kier molecular flexibility index (Phi) is 13.7. The number of aliphatic hydroxyl groups excluding tert-OH is 4. The van der Waals surface area contributed by atoms with Crippen LogP contribution in [0.15, 0.2) is 58.3 Å². The minimum Gasteiger partial charge on any atom is -0.424 e. The van der Waals surface area contributed by atoms with Crippen molar-refractivity contribution in [1.29, 1.82) is 0 Å². The predicted octanol–water partition coefficient (Wildman–Crippen LogP) is 2.41. The van der Waals surface area contributed by atoms with E-state index in [1.165, 1.54) is 28.4 Å². The van der Waals surface area contributed by atoms with Crippen LogP contribution >= 0.6 is 25.2 Å². The number of benzene rings is 2. The Morgan fingerprint density at radius 2 is 1.18 bits per heavy atom. The molecule has 0 amide bonds. The van der Waals surface area contributed by atoms with Gasteiger partial charge >= 0.3 is 13.4 Å². The lowest BCUT2D eigenvalue weighted by Crippen LogP contribution is -2.46. The highest BCUT2D eigenvalue weighted by atomic mass is 32.5. The van der Waals surface area contributed by atoms with Crippen molar-refractivity contribution in [2.75, 3.05) is 41.7 Å². The molecule has 1 aliphatic heterocycles. The van der Waals surface area contributed by atoms with Crippen molar-refractivity contribution >= 4 is 48.8 Å². The van der Waals surface area contributed by atoms with Crippen LogP contribution in [0.1, 0.15) is 0 Å². The Labute approximate surface area is 241 Å². The SMILES string of the molecule is COP(=S)(OC)Oc1ccc(Sc2ccc(OP(=S)(OC)OC)cc2)cc1.OC[C@H]1O[C@](O)(CO)[C@@H](O)[C@@H]1O. The van der Waals surface area contributed by atoms with Gasteiger partial charge in [0.15, 0.2) is 0 Å². The van der Waals surface area contributed by atoms with Gasteiger partial charge in [-0.25, -0.2) is 0 Å². The third-order valence-electron chi connectivity index (χ3n) is 5.14. The first-order valence-corrected chi connectivity index (χ1v) is 17.0. The molecule has 1 saturated heterocycles. The Balaban J connectivity index is 0.000000370. The second-order valence-electron chi connectivity index (χ2n) is 7.63. The molecule has 5 N–H and O–H groups in total. The summed E-state index contributed by atoms with van der Waals surface area (Å²) in [5, 5.41) is 44.7. The van der Waals surface area contributed by atoms with Crippen molar-refractivity contribution in [2.24, 2.45) is 0 Å². The van der Waals surface area contributed by atoms with Crippen molar-refractivity contribution < 1.29 is 57.4 Å². The monoisotopic (exact) mass is 646 g/mol. The molecule has 0 spiro atoms. The molecule has 0 aliphatic carbocycles. The Morgan fingerprint density at radius 3 is 1.44 bits per heavy atom. The normalized spacial score (nSPS) is 23.2. The molecule has 0 saturated carbocycles. The van der Waals surface area contributed by atoms with Crippen LogP contribution in [0.5, 0.6) is 11.5 Å². The second kappa shape index (κ2) is 15.5. The zero-order valence-electron chi connectivity index (χ0n) is 21.5. The first-order valence-electron chi connectivity index (χ1n) is 11.1. The number of hydrogen-bond donors (Lipinski definition) is 5. The fourth-order valence-corrected chi connectivity index (χ4v) is 5.67. The molecule has 4 atom stereocenters. The van der Waals surface area contributed by atoms with Gasteiger partial charge in [0.25, 0.3) is 0 Å². The fourth-order valence-electron chi connectivity index (χ4n) is 2.98. The summed E-state index contributed by atoms with van der Waals surface area (Å²) in [7, 11) is 5.89. The van der Waals surface area contributed by atoms with Crippen molar-refractivity contribution in [2.45, 2.75) is 33.9 Å². The molecule has 3 rings (SSSR count). The Morgan fingerprint density at radius 1 is 0.795 bits per heavy atom. The lowest BCUT2D eigenvalue weighted by molar-refractivity contribution is -0.248. The summed E-state index contributed by atoms with van der Waals surface area (Å²) < 4.78 is 36.3. The maximum atomic E-state index is 9.25. The van der Waals surface area contributed by atoms with E-state index in [2.05, 4.69) is 4.74 Å². The van der Waals surface area contributed by atoms with Crippen LogP contribution in [0.4, 0.5) is 0 Å². The van der Waals surface area contributed by atoms with E-state index in [0.29, 0.717) is 11.5 Å². The fraction of sp³-hybridized carbons (Fsp3) is 0.455. The van der Waals surface area contributed by atoms with Gasteiger partial charge in [-0.3, -0.25) is 0 Å². The predicted molar refractivity (Wildman–Crippen MR) is 151 cm³/mol. The summed E-state index contributed by atoms with van der Waals surface area (Å²) in [5.41, 5.74) is 0. The molecule has 2 aromatic rings. The van der Waals surface area contributed by atoms with E-state index in [4.69, 9.17) is 71.2 Å². The molecular weight excluding hydrogens is 614 g/mol. The van der Waals surface area contributed by atoms with E-state index >= 15 is 0 Å². The maximum absolute atomic E-state index is 9.25. The van der Waals surface area contributed by atoms with Crippen LogP contribution < -0.4 is 9.05 Å². The van der Waals surface area contributed by atoms with Crippen molar-refractivity contribution in [3.05, 3.63) is 48.5 Å². The molecule has 39 heavy (non-hydrogen) atoms. The van der Waals surface area contributed by atoms with E-state index in [1.54, 1.807) is 11.8 Å². The Bertz CT molecular complexity index is 1040. The van der Waals surface area contributed by atoms with Crippen molar-refractivity contribution in [1.82, 2.24) is 0 Å². The molecule has 1 heterocycles. The van der Waals surface area contributed by atoms with Gasteiger partial charge in [0.2, 0.25) is 5.79 Å². The summed E-state index contributed by atoms with van der Waals surface area (Å²) in [5.74, 6) is -0.965. The molecular formula is C22H32O12P2S3. The first-order chi connectivity index (χ1) is 18.4. The molecule has 0 bridgehead atoms. The van der Waals surface area contributed by atoms with Gasteiger partial charge in [0.05, 0.1) is 13.2 Å². The quantitative estimate of drug-likeness (QED) is 0.213. The molecule has 2 aromatic carbocycles. The van der Waals surface area contributed by atoms with Gasteiger partial charge in [-0.15, -0.1) is 0 Å². The average molecular weight is 647 g/mol. The van der Waals surface area contributed by atoms with Gasteiger partial charge in [0.1, 0.15) is 29.8 Å². The van der Waals surface area contributed by atoms with Gasteiger partial charge in [-0.2, -0.15) is 0 Å².